The van der Waals surface area contributed by atoms with Gasteiger partial charge in [0.1, 0.15) is 46.7 Å². The molecule has 5 aromatic rings. The lowest BCUT2D eigenvalue weighted by atomic mass is 9.93. The summed E-state index contributed by atoms with van der Waals surface area (Å²) in [6.45, 7) is -0.928. The fourth-order valence-corrected chi connectivity index (χ4v) is 7.38. The summed E-state index contributed by atoms with van der Waals surface area (Å²) in [6.07, 6.45) is -1.39. The first-order chi connectivity index (χ1) is 24.0. The summed E-state index contributed by atoms with van der Waals surface area (Å²) < 4.78 is 126. The lowest BCUT2D eigenvalue weighted by Crippen LogP contribution is -2.35. The van der Waals surface area contributed by atoms with Gasteiger partial charge in [-0.05, 0) is 60.2 Å². The smallest absolute Gasteiger partial charge is 0.293 e. The Morgan fingerprint density at radius 1 is 1.06 bits per heavy atom. The number of H-pyrrole nitrogens is 1. The fraction of sp³-hybridized carbons (Fsp3) is 0.303. The van der Waals surface area contributed by atoms with Crippen LogP contribution in [0.5, 0.6) is 0 Å². The number of alkyl halides is 4. The predicted octanol–water partition coefficient (Wildman–Crippen LogP) is 5.71. The van der Waals surface area contributed by atoms with Crippen LogP contribution in [0.2, 0.25) is 0 Å². The zero-order valence-electron chi connectivity index (χ0n) is 26.2. The van der Waals surface area contributed by atoms with Crippen LogP contribution in [0.3, 0.4) is 0 Å². The van der Waals surface area contributed by atoms with Gasteiger partial charge >= 0.3 is 0 Å². The molecule has 0 saturated heterocycles. The summed E-state index contributed by atoms with van der Waals surface area (Å²) >= 11 is 0. The number of benzene rings is 2. The molecule has 2 aliphatic carbocycles. The molecular formula is C33H25F7N6O4S. The van der Waals surface area contributed by atoms with Crippen LogP contribution < -0.4 is 5.32 Å². The van der Waals surface area contributed by atoms with E-state index in [4.69, 9.17) is 0 Å². The molecule has 2 aliphatic rings. The number of sulfone groups is 1. The van der Waals surface area contributed by atoms with E-state index in [-0.39, 0.29) is 46.3 Å². The lowest BCUT2D eigenvalue weighted by Gasteiger charge is -2.23. The molecule has 266 valence electrons. The number of rotatable bonds is 11. The van der Waals surface area contributed by atoms with E-state index in [0.29, 0.717) is 16.3 Å². The van der Waals surface area contributed by atoms with Crippen molar-refractivity contribution in [3.8, 4) is 11.1 Å². The minimum atomic E-state index is -3.85. The Morgan fingerprint density at radius 3 is 2.47 bits per heavy atom. The standard InChI is InChI=1S/C33H25F7N6O4S/c1-51(49,50)13-26(47)20-7-15(2-3-22(20)36)18-10-23-25(11-41-44-23)43-29(18)24(6-14-4-16(34)8-17(35)5-14)42-27(48)12-46-31-28(30(45-46)32(37)38)19-9-21(19)33(31,39)40/h2-5,7-8,10-11,19,21,24,32H,6,9,12-13H2,1H3,(H,41,44)(H,42,48)/t19-,21?,24?/m0/s1. The Balaban J connectivity index is 1.31. The number of nitrogens with zero attached hydrogens (tertiary/aromatic N) is 4. The third-order valence-electron chi connectivity index (χ3n) is 8.91. The minimum Gasteiger partial charge on any atom is -0.346 e. The number of Topliss-reactive ketones (excluding diaryl/α,β-unsaturated/α-hetero) is 1. The van der Waals surface area contributed by atoms with E-state index in [0.717, 1.165) is 30.5 Å². The molecule has 1 saturated carbocycles. The Hall–Kier alpha value is -5.13. The van der Waals surface area contributed by atoms with Gasteiger partial charge in [-0.15, -0.1) is 0 Å². The molecular weight excluding hydrogens is 709 g/mol. The largest absolute Gasteiger partial charge is 0.346 e. The van der Waals surface area contributed by atoms with E-state index in [1.165, 1.54) is 18.3 Å². The third-order valence-corrected chi connectivity index (χ3v) is 9.70. The fourth-order valence-electron chi connectivity index (χ4n) is 6.75. The van der Waals surface area contributed by atoms with Crippen molar-refractivity contribution in [2.75, 3.05) is 12.0 Å². The van der Waals surface area contributed by atoms with Crippen molar-refractivity contribution in [3.05, 3.63) is 99.9 Å². The van der Waals surface area contributed by atoms with Crippen LogP contribution in [0.25, 0.3) is 22.2 Å². The summed E-state index contributed by atoms with van der Waals surface area (Å²) in [6, 6.07) is 6.01. The van der Waals surface area contributed by atoms with Crippen LogP contribution in [0, 0.1) is 23.4 Å². The minimum absolute atomic E-state index is 0.0134. The number of halogens is 7. The summed E-state index contributed by atoms with van der Waals surface area (Å²) in [7, 11) is -3.85. The van der Waals surface area contributed by atoms with Gasteiger partial charge in [0.15, 0.2) is 15.6 Å². The highest BCUT2D eigenvalue weighted by atomic mass is 32.2. The van der Waals surface area contributed by atoms with E-state index in [1.54, 1.807) is 0 Å². The van der Waals surface area contributed by atoms with Gasteiger partial charge in [-0.25, -0.2) is 35.4 Å². The SMILES string of the molecule is CS(=O)(=O)CC(=O)c1cc(-c2cc3[nH]ncc3nc2C(Cc2cc(F)cc(F)c2)NC(=O)Cn2nc(C(F)F)c3c2C(F)(F)C2C[C@H]32)ccc1F. The molecule has 3 aromatic heterocycles. The lowest BCUT2D eigenvalue weighted by molar-refractivity contribution is -0.123. The maximum absolute atomic E-state index is 15.2. The van der Waals surface area contributed by atoms with Crippen LogP contribution >= 0.6 is 0 Å². The summed E-state index contributed by atoms with van der Waals surface area (Å²) in [5, 5.41) is 12.9. The molecule has 10 nitrogen and oxygen atoms in total. The predicted molar refractivity (Wildman–Crippen MR) is 166 cm³/mol. The number of carbonyl (C=O) groups excluding carboxylic acids is 2. The average molecular weight is 735 g/mol. The van der Waals surface area contributed by atoms with Crippen LogP contribution in [0.15, 0.2) is 48.7 Å². The second-order valence-electron chi connectivity index (χ2n) is 12.7. The Labute approximate surface area is 284 Å². The summed E-state index contributed by atoms with van der Waals surface area (Å²) in [4.78, 5) is 31.0. The molecule has 0 bridgehead atoms. The van der Waals surface area contributed by atoms with Crippen LogP contribution in [-0.2, 0) is 33.5 Å². The van der Waals surface area contributed by atoms with E-state index in [2.05, 4.69) is 25.6 Å². The number of hydrogen-bond donors (Lipinski definition) is 2. The second-order valence-corrected chi connectivity index (χ2v) is 14.8. The number of aromatic nitrogens is 5. The van der Waals surface area contributed by atoms with Crippen LogP contribution in [-0.4, -0.2) is 57.1 Å². The number of ketones is 1. The number of hydrogen-bond acceptors (Lipinski definition) is 7. The third kappa shape index (κ3) is 6.47. The van der Waals surface area contributed by atoms with Crippen LogP contribution in [0.4, 0.5) is 30.7 Å². The molecule has 0 spiro atoms. The molecule has 3 heterocycles. The maximum atomic E-state index is 15.2. The molecule has 0 radical (unpaired) electrons. The van der Waals surface area contributed by atoms with Crippen molar-refractivity contribution in [3.63, 3.8) is 0 Å². The maximum Gasteiger partial charge on any atom is 0.293 e. The first kappa shape index (κ1) is 34.3. The van der Waals surface area contributed by atoms with E-state index >= 15 is 8.78 Å². The second kappa shape index (κ2) is 12.3. The van der Waals surface area contributed by atoms with Crippen molar-refractivity contribution >= 4 is 32.6 Å². The topological polar surface area (TPSA) is 140 Å². The number of fused-ring (bicyclic) bond motifs is 4. The molecule has 1 amide bonds. The van der Waals surface area contributed by atoms with Gasteiger partial charge in [0.25, 0.3) is 12.3 Å². The number of nitrogens with one attached hydrogen (secondary N) is 2. The van der Waals surface area contributed by atoms with Gasteiger partial charge in [0, 0.05) is 29.4 Å². The molecule has 7 rings (SSSR count). The van der Waals surface area contributed by atoms with Gasteiger partial charge in [0.05, 0.1) is 29.0 Å². The first-order valence-electron chi connectivity index (χ1n) is 15.4. The van der Waals surface area contributed by atoms with E-state index in [9.17, 15) is 40.0 Å². The molecule has 2 aromatic carbocycles. The monoisotopic (exact) mass is 734 g/mol. The zero-order chi connectivity index (χ0) is 36.6. The Bertz CT molecular complexity index is 2340. The molecule has 2 N–H and O–H groups in total. The van der Waals surface area contributed by atoms with Gasteiger partial charge in [-0.3, -0.25) is 19.4 Å². The number of pyridine rings is 1. The number of aromatic amines is 1. The highest BCUT2D eigenvalue weighted by Gasteiger charge is 2.67. The van der Waals surface area contributed by atoms with Crippen molar-refractivity contribution < 1.29 is 48.7 Å². The molecule has 51 heavy (non-hydrogen) atoms. The summed E-state index contributed by atoms with van der Waals surface area (Å²) in [5.74, 6) is -11.4. The number of carbonyl (C=O) groups is 2. The summed E-state index contributed by atoms with van der Waals surface area (Å²) in [5.41, 5.74) is -1.62. The Kier molecular flexibility index (Phi) is 8.26. The van der Waals surface area contributed by atoms with E-state index in [1.807, 2.05) is 0 Å². The van der Waals surface area contributed by atoms with Gasteiger partial charge in [-0.2, -0.15) is 19.0 Å². The number of amides is 1. The van der Waals surface area contributed by atoms with Crippen molar-refractivity contribution in [2.45, 2.75) is 43.7 Å². The molecule has 1 fully saturated rings. The zero-order valence-corrected chi connectivity index (χ0v) is 27.0. The average Bonchev–Trinajstić information content (AvgIpc) is 3.44. The van der Waals surface area contributed by atoms with Crippen molar-refractivity contribution in [1.82, 2.24) is 30.3 Å². The highest BCUT2D eigenvalue weighted by Crippen LogP contribution is 2.68. The molecule has 0 aliphatic heterocycles. The van der Waals surface area contributed by atoms with Crippen LogP contribution in [0.1, 0.15) is 63.4 Å². The molecule has 3 atom stereocenters. The Morgan fingerprint density at radius 2 is 1.78 bits per heavy atom. The molecule has 18 heteroatoms. The highest BCUT2D eigenvalue weighted by molar-refractivity contribution is 7.91. The normalized spacial score (nSPS) is 18.1. The molecule has 2 unspecified atom stereocenters. The quantitative estimate of drug-likeness (QED) is 0.131. The van der Waals surface area contributed by atoms with Crippen molar-refractivity contribution in [2.24, 2.45) is 5.92 Å². The van der Waals surface area contributed by atoms with Crippen molar-refractivity contribution in [1.29, 1.82) is 0 Å². The van der Waals surface area contributed by atoms with Gasteiger partial charge in [0.2, 0.25) is 5.91 Å². The van der Waals surface area contributed by atoms with Gasteiger partial charge < -0.3 is 5.32 Å². The first-order valence-corrected chi connectivity index (χ1v) is 17.4. The van der Waals surface area contributed by atoms with Gasteiger partial charge in [-0.1, -0.05) is 6.07 Å². The van der Waals surface area contributed by atoms with E-state index < -0.39 is 98.5 Å².